The van der Waals surface area contributed by atoms with Crippen LogP contribution in [0.25, 0.3) is 0 Å². The van der Waals surface area contributed by atoms with Gasteiger partial charge in [0.05, 0.1) is 12.5 Å². The maximum Gasteiger partial charge on any atom is 0.326 e. The highest BCUT2D eigenvalue weighted by Crippen LogP contribution is 2.15. The van der Waals surface area contributed by atoms with Crippen molar-refractivity contribution in [2.75, 3.05) is 0 Å². The first-order chi connectivity index (χ1) is 9.81. The number of nitrogens with one attached hydrogen (secondary N) is 2. The summed E-state index contributed by atoms with van der Waals surface area (Å²) in [6.45, 7) is 1.54. The Morgan fingerprint density at radius 3 is 2.43 bits per heavy atom. The Balaban J connectivity index is 2.66. The number of benzene rings is 1. The molecule has 1 aromatic carbocycles. The van der Waals surface area contributed by atoms with Gasteiger partial charge in [0.25, 0.3) is 0 Å². The lowest BCUT2D eigenvalue weighted by Crippen LogP contribution is -2.48. The number of hydrogen-bond acceptors (Lipinski definition) is 3. The minimum absolute atomic E-state index is 0.259. The molecule has 0 saturated heterocycles. The third-order valence-electron chi connectivity index (χ3n) is 2.73. The molecule has 0 aliphatic carbocycles. The predicted octanol–water partition coefficient (Wildman–Crippen LogP) is 0.515. The highest BCUT2D eigenvalue weighted by atomic mass is 19.1. The fraction of sp³-hybridized carbons (Fsp3) is 0.308. The van der Waals surface area contributed by atoms with Crippen molar-refractivity contribution < 1.29 is 23.9 Å². The van der Waals surface area contributed by atoms with Gasteiger partial charge < -0.3 is 21.5 Å². The number of urea groups is 1. The Labute approximate surface area is 120 Å². The van der Waals surface area contributed by atoms with Crippen LogP contribution in [0, 0.1) is 5.82 Å². The predicted molar refractivity (Wildman–Crippen MR) is 71.7 cm³/mol. The van der Waals surface area contributed by atoms with E-state index >= 15 is 0 Å². The summed E-state index contributed by atoms with van der Waals surface area (Å²) in [7, 11) is 0. The molecule has 8 heteroatoms. The van der Waals surface area contributed by atoms with Crippen molar-refractivity contribution in [1.82, 2.24) is 10.6 Å². The summed E-state index contributed by atoms with van der Waals surface area (Å²) in [6, 6.07) is 2.93. The third kappa shape index (κ3) is 5.09. The summed E-state index contributed by atoms with van der Waals surface area (Å²) in [6.07, 6.45) is -0.531. The molecule has 0 fully saturated rings. The maximum absolute atomic E-state index is 13.5. The number of hydrogen-bond donors (Lipinski definition) is 4. The number of aliphatic carboxylic acids is 1. The average molecular weight is 297 g/mol. The Morgan fingerprint density at radius 2 is 1.90 bits per heavy atom. The molecule has 2 atom stereocenters. The second-order valence-electron chi connectivity index (χ2n) is 4.42. The van der Waals surface area contributed by atoms with Gasteiger partial charge in [-0.1, -0.05) is 18.2 Å². The number of carbonyl (C=O) groups is 3. The van der Waals surface area contributed by atoms with Crippen LogP contribution in [0.15, 0.2) is 24.3 Å². The lowest BCUT2D eigenvalue weighted by molar-refractivity contribution is -0.140. The molecule has 0 aromatic heterocycles. The minimum atomic E-state index is -1.43. The summed E-state index contributed by atoms with van der Waals surface area (Å²) in [5.74, 6) is -2.73. The van der Waals surface area contributed by atoms with Crippen molar-refractivity contribution in [1.29, 1.82) is 0 Å². The summed E-state index contributed by atoms with van der Waals surface area (Å²) in [4.78, 5) is 33.3. The van der Waals surface area contributed by atoms with Crippen LogP contribution in [0.1, 0.15) is 24.9 Å². The molecule has 5 N–H and O–H groups in total. The van der Waals surface area contributed by atoms with Crippen LogP contribution in [-0.2, 0) is 9.59 Å². The van der Waals surface area contributed by atoms with Crippen LogP contribution in [0.5, 0.6) is 0 Å². The van der Waals surface area contributed by atoms with Gasteiger partial charge in [0, 0.05) is 5.56 Å². The Hall–Kier alpha value is -2.64. The molecule has 1 aromatic rings. The van der Waals surface area contributed by atoms with E-state index in [1.807, 2.05) is 0 Å². The molecule has 0 heterocycles. The Morgan fingerprint density at radius 1 is 1.29 bits per heavy atom. The summed E-state index contributed by atoms with van der Waals surface area (Å²) < 4.78 is 13.5. The van der Waals surface area contributed by atoms with Gasteiger partial charge in [0.15, 0.2) is 0 Å². The second-order valence-corrected chi connectivity index (χ2v) is 4.42. The fourth-order valence-electron chi connectivity index (χ4n) is 1.70. The monoisotopic (exact) mass is 297 g/mol. The van der Waals surface area contributed by atoms with Gasteiger partial charge in [0.1, 0.15) is 11.9 Å². The second kappa shape index (κ2) is 7.22. The molecular formula is C13H16FN3O4. The van der Waals surface area contributed by atoms with Crippen molar-refractivity contribution >= 4 is 17.9 Å². The van der Waals surface area contributed by atoms with Crippen molar-refractivity contribution in [2.45, 2.75) is 25.4 Å². The lowest BCUT2D eigenvalue weighted by atomic mass is 10.1. The zero-order valence-corrected chi connectivity index (χ0v) is 11.3. The number of halogens is 1. The third-order valence-corrected chi connectivity index (χ3v) is 2.73. The highest BCUT2D eigenvalue weighted by molar-refractivity contribution is 5.87. The Bertz CT molecular complexity index is 550. The summed E-state index contributed by atoms with van der Waals surface area (Å²) in [5.41, 5.74) is 5.15. The zero-order chi connectivity index (χ0) is 16.0. The molecule has 3 amide bonds. The molecule has 1 unspecified atom stereocenters. The number of nitrogens with two attached hydrogens (primary N) is 1. The van der Waals surface area contributed by atoms with Crippen LogP contribution < -0.4 is 16.4 Å². The van der Waals surface area contributed by atoms with Crippen molar-refractivity contribution in [2.24, 2.45) is 5.73 Å². The van der Waals surface area contributed by atoms with Crippen LogP contribution in [0.3, 0.4) is 0 Å². The van der Waals surface area contributed by atoms with Gasteiger partial charge in [-0.2, -0.15) is 0 Å². The van der Waals surface area contributed by atoms with E-state index in [0.717, 1.165) is 0 Å². The van der Waals surface area contributed by atoms with E-state index in [1.165, 1.54) is 18.2 Å². The van der Waals surface area contributed by atoms with E-state index in [-0.39, 0.29) is 5.56 Å². The standard InChI is InChI=1S/C13H16FN3O4/c1-7(8-4-2-3-5-9(8)14)16-13(21)17-10(12(19)20)6-11(15)18/h2-5,7,10H,6H2,1H3,(H2,15,18)(H,19,20)(H2,16,17,21)/t7?,10-/m0/s1. The zero-order valence-electron chi connectivity index (χ0n) is 11.3. The lowest BCUT2D eigenvalue weighted by Gasteiger charge is -2.18. The molecule has 1 rings (SSSR count). The molecule has 114 valence electrons. The van der Waals surface area contributed by atoms with Crippen molar-refractivity contribution in [3.8, 4) is 0 Å². The molecule has 0 radical (unpaired) electrons. The number of carboxylic acid groups (broad SMARTS) is 1. The van der Waals surface area contributed by atoms with Crippen LogP contribution in [0.2, 0.25) is 0 Å². The van der Waals surface area contributed by atoms with E-state index in [2.05, 4.69) is 10.6 Å². The SMILES string of the molecule is CC(NC(=O)N[C@@H](CC(N)=O)C(=O)O)c1ccccc1F. The number of carbonyl (C=O) groups excluding carboxylic acids is 2. The van der Waals surface area contributed by atoms with Gasteiger partial charge in [-0.15, -0.1) is 0 Å². The van der Waals surface area contributed by atoms with E-state index in [1.54, 1.807) is 13.0 Å². The van der Waals surface area contributed by atoms with E-state index < -0.39 is 42.2 Å². The topological polar surface area (TPSA) is 122 Å². The molecule has 0 aliphatic heterocycles. The number of carboxylic acids is 1. The largest absolute Gasteiger partial charge is 0.480 e. The molecular weight excluding hydrogens is 281 g/mol. The quantitative estimate of drug-likeness (QED) is 0.611. The summed E-state index contributed by atoms with van der Waals surface area (Å²) >= 11 is 0. The van der Waals surface area contributed by atoms with Crippen molar-refractivity contribution in [3.05, 3.63) is 35.6 Å². The first-order valence-electron chi connectivity index (χ1n) is 6.13. The van der Waals surface area contributed by atoms with Crippen LogP contribution in [0.4, 0.5) is 9.18 Å². The first-order valence-corrected chi connectivity index (χ1v) is 6.13. The van der Waals surface area contributed by atoms with E-state index in [0.29, 0.717) is 0 Å². The fourth-order valence-corrected chi connectivity index (χ4v) is 1.70. The number of rotatable bonds is 6. The summed E-state index contributed by atoms with van der Waals surface area (Å²) in [5, 5.41) is 13.3. The van der Waals surface area contributed by atoms with Crippen molar-refractivity contribution in [3.63, 3.8) is 0 Å². The average Bonchev–Trinajstić information content (AvgIpc) is 2.37. The minimum Gasteiger partial charge on any atom is -0.480 e. The van der Waals surface area contributed by atoms with Gasteiger partial charge in [-0.05, 0) is 13.0 Å². The van der Waals surface area contributed by atoms with E-state index in [4.69, 9.17) is 10.8 Å². The van der Waals surface area contributed by atoms with Gasteiger partial charge >= 0.3 is 12.0 Å². The molecule has 0 aliphatic rings. The number of primary amides is 1. The molecule has 7 nitrogen and oxygen atoms in total. The normalized spacial score (nSPS) is 13.0. The van der Waals surface area contributed by atoms with Crippen LogP contribution >= 0.6 is 0 Å². The Kier molecular flexibility index (Phi) is 5.65. The van der Waals surface area contributed by atoms with Gasteiger partial charge in [0.2, 0.25) is 5.91 Å². The van der Waals surface area contributed by atoms with Crippen LogP contribution in [-0.4, -0.2) is 29.1 Å². The smallest absolute Gasteiger partial charge is 0.326 e. The van der Waals surface area contributed by atoms with Gasteiger partial charge in [-0.3, -0.25) is 4.79 Å². The first kappa shape index (κ1) is 16.4. The van der Waals surface area contributed by atoms with Gasteiger partial charge in [-0.25, -0.2) is 14.0 Å². The molecule has 21 heavy (non-hydrogen) atoms. The molecule has 0 bridgehead atoms. The molecule has 0 spiro atoms. The maximum atomic E-state index is 13.5. The molecule has 0 saturated carbocycles. The highest BCUT2D eigenvalue weighted by Gasteiger charge is 2.23. The van der Waals surface area contributed by atoms with E-state index in [9.17, 15) is 18.8 Å². The number of amides is 3.